The van der Waals surface area contributed by atoms with E-state index >= 15 is 0 Å². The molecule has 4 heterocycles. The SMILES string of the molecule is CN1CC(=O)N(c2cccnc2)CC12CCN(C(=O)C1[C@H]3COC[C@@H]13)C2. The average molecular weight is 356 g/mol. The number of pyridine rings is 1. The molecule has 3 aliphatic heterocycles. The number of hydrogen-bond donors (Lipinski definition) is 0. The summed E-state index contributed by atoms with van der Waals surface area (Å²) >= 11 is 0. The van der Waals surface area contributed by atoms with Gasteiger partial charge in [0.2, 0.25) is 11.8 Å². The Morgan fingerprint density at radius 2 is 2.12 bits per heavy atom. The van der Waals surface area contributed by atoms with Crippen LogP contribution in [0.2, 0.25) is 0 Å². The Balaban J connectivity index is 1.33. The normalized spacial score (nSPS) is 36.7. The van der Waals surface area contributed by atoms with Crippen LogP contribution in [-0.2, 0) is 14.3 Å². The largest absolute Gasteiger partial charge is 0.381 e. The molecule has 5 rings (SSSR count). The van der Waals surface area contributed by atoms with Gasteiger partial charge in [-0.2, -0.15) is 0 Å². The molecule has 2 unspecified atom stereocenters. The van der Waals surface area contributed by atoms with Crippen molar-refractivity contribution < 1.29 is 14.3 Å². The summed E-state index contributed by atoms with van der Waals surface area (Å²) in [5.41, 5.74) is 0.670. The van der Waals surface area contributed by atoms with Crippen molar-refractivity contribution in [3.05, 3.63) is 24.5 Å². The molecule has 4 atom stereocenters. The fraction of sp³-hybridized carbons (Fsp3) is 0.632. The standard InChI is InChI=1S/C19H24N4O3/c1-21-8-16(24)23(13-3-2-5-20-7-13)12-19(21)4-6-22(11-19)18(25)17-14-9-26-10-15(14)17/h2-3,5,7,14-15,17H,4,6,8-12H2,1H3/t14-,15+,17?,19?. The molecule has 1 spiro atoms. The van der Waals surface area contributed by atoms with Gasteiger partial charge in [-0.15, -0.1) is 0 Å². The minimum Gasteiger partial charge on any atom is -0.381 e. The van der Waals surface area contributed by atoms with Crippen molar-refractivity contribution in [1.82, 2.24) is 14.8 Å². The third-order valence-electron chi connectivity index (χ3n) is 6.77. The highest BCUT2D eigenvalue weighted by Crippen LogP contribution is 2.52. The highest BCUT2D eigenvalue weighted by atomic mass is 16.5. The van der Waals surface area contributed by atoms with Gasteiger partial charge in [0.15, 0.2) is 0 Å². The van der Waals surface area contributed by atoms with Crippen molar-refractivity contribution in [3.8, 4) is 0 Å². The van der Waals surface area contributed by atoms with Crippen LogP contribution in [0.4, 0.5) is 5.69 Å². The van der Waals surface area contributed by atoms with Crippen molar-refractivity contribution in [2.45, 2.75) is 12.0 Å². The van der Waals surface area contributed by atoms with E-state index in [0.717, 1.165) is 31.9 Å². The molecule has 0 aromatic carbocycles. The first-order valence-corrected chi connectivity index (χ1v) is 9.37. The number of fused-ring (bicyclic) bond motifs is 1. The molecule has 4 aliphatic rings. The maximum atomic E-state index is 12.9. The van der Waals surface area contributed by atoms with Gasteiger partial charge in [-0.1, -0.05) is 0 Å². The third-order valence-corrected chi connectivity index (χ3v) is 6.77. The number of piperazine rings is 1. The van der Waals surface area contributed by atoms with Gasteiger partial charge in [0.1, 0.15) is 0 Å². The zero-order valence-corrected chi connectivity index (χ0v) is 15.0. The minimum absolute atomic E-state index is 0.0878. The number of anilines is 1. The number of hydrogen-bond acceptors (Lipinski definition) is 5. The number of rotatable bonds is 2. The number of likely N-dealkylation sites (tertiary alicyclic amines) is 1. The first-order chi connectivity index (χ1) is 12.6. The number of likely N-dealkylation sites (N-methyl/N-ethyl adjacent to an activating group) is 1. The quantitative estimate of drug-likeness (QED) is 0.759. The second-order valence-corrected chi connectivity index (χ2v) is 8.17. The molecule has 1 saturated carbocycles. The van der Waals surface area contributed by atoms with E-state index in [9.17, 15) is 9.59 Å². The topological polar surface area (TPSA) is 66.0 Å². The second kappa shape index (κ2) is 5.76. The molecule has 0 N–H and O–H groups in total. The summed E-state index contributed by atoms with van der Waals surface area (Å²) in [6, 6.07) is 3.78. The molecule has 1 aromatic heterocycles. The van der Waals surface area contributed by atoms with Gasteiger partial charge in [-0.25, -0.2) is 0 Å². The van der Waals surface area contributed by atoms with E-state index in [0.29, 0.717) is 37.4 Å². The minimum atomic E-state index is -0.167. The number of ether oxygens (including phenoxy) is 1. The van der Waals surface area contributed by atoms with E-state index in [1.165, 1.54) is 0 Å². The predicted octanol–water partition coefficient (Wildman–Crippen LogP) is 0.224. The van der Waals surface area contributed by atoms with Crippen LogP contribution in [0.1, 0.15) is 6.42 Å². The van der Waals surface area contributed by atoms with Crippen LogP contribution in [0.5, 0.6) is 0 Å². The lowest BCUT2D eigenvalue weighted by Gasteiger charge is -2.46. The van der Waals surface area contributed by atoms with E-state index in [4.69, 9.17) is 4.74 Å². The average Bonchev–Trinajstić information content (AvgIpc) is 3.01. The maximum Gasteiger partial charge on any atom is 0.241 e. The summed E-state index contributed by atoms with van der Waals surface area (Å²) in [5.74, 6) is 1.43. The van der Waals surface area contributed by atoms with Gasteiger partial charge < -0.3 is 14.5 Å². The fourth-order valence-electron chi connectivity index (χ4n) is 5.01. The highest BCUT2D eigenvalue weighted by Gasteiger charge is 2.60. The zero-order valence-electron chi connectivity index (χ0n) is 15.0. The summed E-state index contributed by atoms with van der Waals surface area (Å²) in [6.07, 6.45) is 4.35. The Morgan fingerprint density at radius 1 is 1.31 bits per heavy atom. The van der Waals surface area contributed by atoms with E-state index < -0.39 is 0 Å². The third kappa shape index (κ3) is 2.37. The molecule has 138 valence electrons. The van der Waals surface area contributed by atoms with Crippen molar-refractivity contribution in [1.29, 1.82) is 0 Å². The van der Waals surface area contributed by atoms with Gasteiger partial charge in [-0.05, 0) is 37.4 Å². The Hall–Kier alpha value is -1.99. The fourth-order valence-corrected chi connectivity index (χ4v) is 5.01. The highest BCUT2D eigenvalue weighted by molar-refractivity contribution is 5.96. The van der Waals surface area contributed by atoms with E-state index in [1.807, 2.05) is 29.0 Å². The zero-order chi connectivity index (χ0) is 17.9. The molecule has 1 aromatic rings. The molecule has 26 heavy (non-hydrogen) atoms. The van der Waals surface area contributed by atoms with Crippen LogP contribution in [0.25, 0.3) is 0 Å². The van der Waals surface area contributed by atoms with Crippen LogP contribution >= 0.6 is 0 Å². The molecule has 2 amide bonds. The Bertz CT molecular complexity index is 732. The molecule has 3 saturated heterocycles. The van der Waals surface area contributed by atoms with Crippen LogP contribution in [0, 0.1) is 17.8 Å². The Morgan fingerprint density at radius 3 is 2.85 bits per heavy atom. The summed E-state index contributed by atoms with van der Waals surface area (Å²) in [4.78, 5) is 35.7. The molecule has 1 aliphatic carbocycles. The van der Waals surface area contributed by atoms with Crippen molar-refractivity contribution >= 4 is 17.5 Å². The van der Waals surface area contributed by atoms with E-state index in [-0.39, 0.29) is 17.4 Å². The number of aromatic nitrogens is 1. The molecule has 0 radical (unpaired) electrons. The molecular weight excluding hydrogens is 332 g/mol. The lowest BCUT2D eigenvalue weighted by atomic mass is 9.92. The lowest BCUT2D eigenvalue weighted by Crippen LogP contribution is -2.64. The summed E-state index contributed by atoms with van der Waals surface area (Å²) < 4.78 is 5.42. The van der Waals surface area contributed by atoms with E-state index in [2.05, 4.69) is 9.88 Å². The first kappa shape index (κ1) is 16.2. The van der Waals surface area contributed by atoms with Gasteiger partial charge in [0, 0.05) is 31.7 Å². The number of nitrogens with zero attached hydrogens (tertiary/aromatic N) is 4. The first-order valence-electron chi connectivity index (χ1n) is 9.37. The smallest absolute Gasteiger partial charge is 0.241 e. The van der Waals surface area contributed by atoms with Crippen LogP contribution in [0.3, 0.4) is 0 Å². The van der Waals surface area contributed by atoms with Gasteiger partial charge in [-0.3, -0.25) is 19.5 Å². The number of carbonyl (C=O) groups is 2. The van der Waals surface area contributed by atoms with Gasteiger partial charge in [0.25, 0.3) is 0 Å². The van der Waals surface area contributed by atoms with Crippen molar-refractivity contribution in [3.63, 3.8) is 0 Å². The number of amides is 2. The van der Waals surface area contributed by atoms with Crippen molar-refractivity contribution in [2.24, 2.45) is 17.8 Å². The molecule has 0 bridgehead atoms. The molecule has 7 nitrogen and oxygen atoms in total. The summed E-state index contributed by atoms with van der Waals surface area (Å²) in [6.45, 7) is 3.93. The maximum absolute atomic E-state index is 12.9. The van der Waals surface area contributed by atoms with Gasteiger partial charge in [0.05, 0.1) is 37.2 Å². The molecule has 4 fully saturated rings. The van der Waals surface area contributed by atoms with E-state index in [1.54, 1.807) is 12.4 Å². The Labute approximate surface area is 152 Å². The summed E-state index contributed by atoms with van der Waals surface area (Å²) in [5, 5.41) is 0. The lowest BCUT2D eigenvalue weighted by molar-refractivity contribution is -0.133. The number of carbonyl (C=O) groups excluding carboxylic acids is 2. The Kier molecular flexibility index (Phi) is 3.59. The van der Waals surface area contributed by atoms with Crippen LogP contribution < -0.4 is 4.90 Å². The van der Waals surface area contributed by atoms with Crippen molar-refractivity contribution in [2.75, 3.05) is 51.3 Å². The van der Waals surface area contributed by atoms with Crippen LogP contribution in [-0.4, -0.2) is 78.6 Å². The molecular formula is C19H24N4O3. The second-order valence-electron chi connectivity index (χ2n) is 8.17. The van der Waals surface area contributed by atoms with Gasteiger partial charge >= 0.3 is 0 Å². The monoisotopic (exact) mass is 356 g/mol. The van der Waals surface area contributed by atoms with Crippen LogP contribution in [0.15, 0.2) is 24.5 Å². The molecule has 7 heteroatoms. The summed E-state index contributed by atoms with van der Waals surface area (Å²) in [7, 11) is 2.01. The predicted molar refractivity (Wildman–Crippen MR) is 94.4 cm³/mol.